The molecular formula is C28H26N6O4. The summed E-state index contributed by atoms with van der Waals surface area (Å²) >= 11 is 0. The number of allylic oxidation sites excluding steroid dienone is 1. The second-order valence-electron chi connectivity index (χ2n) is 8.39. The van der Waals surface area contributed by atoms with E-state index < -0.39 is 0 Å². The molecule has 10 heteroatoms. The molecule has 0 aliphatic carbocycles. The van der Waals surface area contributed by atoms with Crippen LogP contribution in [0.15, 0.2) is 72.8 Å². The maximum atomic E-state index is 12.7. The molecule has 0 spiro atoms. The highest BCUT2D eigenvalue weighted by atomic mass is 16.5. The Balaban J connectivity index is 1.24. The van der Waals surface area contributed by atoms with Crippen LogP contribution in [0.2, 0.25) is 0 Å². The summed E-state index contributed by atoms with van der Waals surface area (Å²) in [6, 6.07) is 20.0. The highest BCUT2D eigenvalue weighted by Gasteiger charge is 2.13. The largest absolute Gasteiger partial charge is 0.507 e. The zero-order valence-electron chi connectivity index (χ0n) is 20.7. The second-order valence-corrected chi connectivity index (χ2v) is 8.39. The Morgan fingerprint density at radius 3 is 2.74 bits per heavy atom. The lowest BCUT2D eigenvalue weighted by atomic mass is 10.0. The number of ketones is 1. The fraction of sp³-hybridized carbons (Fsp3) is 0.179. The zero-order valence-corrected chi connectivity index (χ0v) is 20.7. The summed E-state index contributed by atoms with van der Waals surface area (Å²) in [5, 5.41) is 23.9. The molecular weight excluding hydrogens is 484 g/mol. The van der Waals surface area contributed by atoms with E-state index in [2.05, 4.69) is 25.2 Å². The Hall–Kier alpha value is -4.83. The van der Waals surface area contributed by atoms with E-state index in [1.54, 1.807) is 12.1 Å². The number of phenolic OH excluding ortho intramolecular Hbond substituents is 1. The van der Waals surface area contributed by atoms with Gasteiger partial charge in [-0.15, -0.1) is 10.2 Å². The van der Waals surface area contributed by atoms with Gasteiger partial charge in [-0.05, 0) is 66.2 Å². The number of nitrogens with one attached hydrogen (secondary N) is 1. The van der Waals surface area contributed by atoms with Gasteiger partial charge in [0.05, 0.1) is 23.2 Å². The van der Waals surface area contributed by atoms with E-state index >= 15 is 0 Å². The summed E-state index contributed by atoms with van der Waals surface area (Å²) in [6.07, 6.45) is 3.09. The first-order valence-electron chi connectivity index (χ1n) is 12.2. The fourth-order valence-electron chi connectivity index (χ4n) is 4.03. The van der Waals surface area contributed by atoms with Gasteiger partial charge in [0.15, 0.2) is 5.78 Å². The van der Waals surface area contributed by atoms with Crippen molar-refractivity contribution < 1.29 is 19.4 Å². The molecule has 2 N–H and O–H groups in total. The van der Waals surface area contributed by atoms with Crippen LogP contribution in [-0.4, -0.2) is 54.3 Å². The lowest BCUT2D eigenvalue weighted by Crippen LogP contribution is -2.11. The number of aromatic hydroxyl groups is 1. The van der Waals surface area contributed by atoms with Gasteiger partial charge in [0, 0.05) is 18.7 Å². The number of para-hydroxylation sites is 2. The van der Waals surface area contributed by atoms with Gasteiger partial charge >= 0.3 is 0 Å². The Bertz CT molecular complexity index is 1560. The van der Waals surface area contributed by atoms with Crippen molar-refractivity contribution in [3.05, 3.63) is 89.8 Å². The minimum Gasteiger partial charge on any atom is -0.507 e. The topological polar surface area (TPSA) is 128 Å². The number of fused-ring (bicyclic) bond motifs is 1. The smallest absolute Gasteiger partial charge is 0.204 e. The molecule has 2 heterocycles. The van der Waals surface area contributed by atoms with Crippen LogP contribution < -0.4 is 4.74 Å². The van der Waals surface area contributed by atoms with Gasteiger partial charge in [-0.1, -0.05) is 30.3 Å². The van der Waals surface area contributed by atoms with Gasteiger partial charge < -0.3 is 19.1 Å². The molecule has 0 amide bonds. The van der Waals surface area contributed by atoms with Gasteiger partial charge in [0.1, 0.15) is 23.9 Å². The van der Waals surface area contributed by atoms with Gasteiger partial charge in [-0.25, -0.2) is 4.98 Å². The Kier molecular flexibility index (Phi) is 7.51. The standard InChI is InChI=1S/C28H26N6O4/c1-2-37-16-15-34-24-6-4-3-5-23(24)29-27(34)18-38-21-11-7-19(8-12-21)9-13-25(35)22-17-20(10-14-26(22)36)28-30-32-33-31-28/h3-14,17,36H,2,15-16,18H2,1H3,(H,30,31,32,33)/b13-9+. The van der Waals surface area contributed by atoms with Gasteiger partial charge in [-0.2, -0.15) is 5.21 Å². The summed E-state index contributed by atoms with van der Waals surface area (Å²) in [4.78, 5) is 17.5. The number of aromatic amines is 1. The number of rotatable bonds is 11. The molecule has 192 valence electrons. The van der Waals surface area contributed by atoms with Crippen LogP contribution in [0.4, 0.5) is 0 Å². The van der Waals surface area contributed by atoms with E-state index in [1.165, 1.54) is 18.2 Å². The molecule has 0 aliphatic heterocycles. The van der Waals surface area contributed by atoms with Crippen molar-refractivity contribution in [2.45, 2.75) is 20.1 Å². The Labute approximate surface area is 218 Å². The van der Waals surface area contributed by atoms with Crippen LogP contribution in [0.5, 0.6) is 11.5 Å². The molecule has 5 aromatic rings. The molecule has 10 nitrogen and oxygen atoms in total. The molecule has 0 aliphatic rings. The molecule has 0 atom stereocenters. The van der Waals surface area contributed by atoms with Crippen LogP contribution in [-0.2, 0) is 17.9 Å². The number of carbonyl (C=O) groups is 1. The van der Waals surface area contributed by atoms with Crippen LogP contribution >= 0.6 is 0 Å². The third kappa shape index (κ3) is 5.60. The Morgan fingerprint density at radius 2 is 1.95 bits per heavy atom. The van der Waals surface area contributed by atoms with Crippen LogP contribution in [0.3, 0.4) is 0 Å². The molecule has 38 heavy (non-hydrogen) atoms. The lowest BCUT2D eigenvalue weighted by Gasteiger charge is -2.11. The second kappa shape index (κ2) is 11.5. The van der Waals surface area contributed by atoms with Crippen LogP contribution in [0.25, 0.3) is 28.5 Å². The summed E-state index contributed by atoms with van der Waals surface area (Å²) in [7, 11) is 0. The first kappa shape index (κ1) is 24.8. The average molecular weight is 511 g/mol. The fourth-order valence-corrected chi connectivity index (χ4v) is 4.03. The number of tetrazole rings is 1. The number of nitrogens with zero attached hydrogens (tertiary/aromatic N) is 5. The van der Waals surface area contributed by atoms with E-state index in [4.69, 9.17) is 14.5 Å². The molecule has 5 rings (SSSR count). The molecule has 0 bridgehead atoms. The predicted molar refractivity (Wildman–Crippen MR) is 142 cm³/mol. The van der Waals surface area contributed by atoms with E-state index in [-0.39, 0.29) is 17.1 Å². The van der Waals surface area contributed by atoms with Gasteiger partial charge in [0.2, 0.25) is 5.82 Å². The summed E-state index contributed by atoms with van der Waals surface area (Å²) < 4.78 is 13.7. The molecule has 0 saturated heterocycles. The van der Waals surface area contributed by atoms with E-state index in [0.717, 1.165) is 22.4 Å². The van der Waals surface area contributed by atoms with Crippen LogP contribution in [0, 0.1) is 0 Å². The number of carbonyl (C=O) groups excluding carboxylic acids is 1. The predicted octanol–water partition coefficient (Wildman–Crippen LogP) is 4.43. The molecule has 3 aromatic carbocycles. The maximum Gasteiger partial charge on any atom is 0.204 e. The SMILES string of the molecule is CCOCCn1c(COc2ccc(/C=C/C(=O)c3cc(-c4nn[nH]n4)ccc3O)cc2)nc2ccccc21. The van der Waals surface area contributed by atoms with Gasteiger partial charge in [-0.3, -0.25) is 4.79 Å². The quantitative estimate of drug-likeness (QED) is 0.152. The van der Waals surface area contributed by atoms with Gasteiger partial charge in [0.25, 0.3) is 0 Å². The molecule has 0 unspecified atom stereocenters. The summed E-state index contributed by atoms with van der Waals surface area (Å²) in [5.41, 5.74) is 3.49. The highest BCUT2D eigenvalue weighted by molar-refractivity contribution is 6.09. The highest BCUT2D eigenvalue weighted by Crippen LogP contribution is 2.25. The lowest BCUT2D eigenvalue weighted by molar-refractivity contribution is 0.104. The van der Waals surface area contributed by atoms with Crippen molar-refractivity contribution in [1.29, 1.82) is 0 Å². The number of hydrogen-bond donors (Lipinski definition) is 2. The Morgan fingerprint density at radius 1 is 1.11 bits per heavy atom. The van der Waals surface area contributed by atoms with E-state index in [1.807, 2.05) is 55.5 Å². The number of imidazole rings is 1. The van der Waals surface area contributed by atoms with Crippen LogP contribution in [0.1, 0.15) is 28.7 Å². The monoisotopic (exact) mass is 510 g/mol. The first-order chi connectivity index (χ1) is 18.6. The maximum absolute atomic E-state index is 12.7. The number of aromatic nitrogens is 6. The van der Waals surface area contributed by atoms with Crippen molar-refractivity contribution in [3.8, 4) is 22.9 Å². The third-order valence-electron chi connectivity index (χ3n) is 5.94. The zero-order chi connectivity index (χ0) is 26.3. The normalized spacial score (nSPS) is 11.4. The number of benzene rings is 3. The number of hydrogen-bond acceptors (Lipinski definition) is 8. The van der Waals surface area contributed by atoms with E-state index in [9.17, 15) is 9.90 Å². The summed E-state index contributed by atoms with van der Waals surface area (Å²) in [6.45, 7) is 4.24. The van der Waals surface area contributed by atoms with Crippen molar-refractivity contribution in [2.75, 3.05) is 13.2 Å². The molecule has 0 fully saturated rings. The van der Waals surface area contributed by atoms with Crippen molar-refractivity contribution >= 4 is 22.9 Å². The first-order valence-corrected chi connectivity index (χ1v) is 12.2. The van der Waals surface area contributed by atoms with Crippen molar-refractivity contribution in [1.82, 2.24) is 30.2 Å². The number of ether oxygens (including phenoxy) is 2. The van der Waals surface area contributed by atoms with E-state index in [0.29, 0.717) is 43.5 Å². The van der Waals surface area contributed by atoms with Crippen molar-refractivity contribution in [2.24, 2.45) is 0 Å². The minimum atomic E-state index is -0.348. The molecule has 2 aromatic heterocycles. The van der Waals surface area contributed by atoms with Crippen molar-refractivity contribution in [3.63, 3.8) is 0 Å². The number of H-pyrrole nitrogens is 1. The number of phenols is 1. The summed E-state index contributed by atoms with van der Waals surface area (Å²) in [5.74, 6) is 1.37. The molecule has 0 saturated carbocycles. The molecule has 0 radical (unpaired) electrons. The average Bonchev–Trinajstić information content (AvgIpc) is 3.60. The third-order valence-corrected chi connectivity index (χ3v) is 5.94. The minimum absolute atomic E-state index is 0.122.